The topological polar surface area (TPSA) is 130 Å². The first-order valence-corrected chi connectivity index (χ1v) is 10.7. The van der Waals surface area contributed by atoms with Gasteiger partial charge in [0.25, 0.3) is 0 Å². The van der Waals surface area contributed by atoms with Crippen molar-refractivity contribution in [2.24, 2.45) is 5.92 Å². The molecule has 0 saturated carbocycles. The van der Waals surface area contributed by atoms with Crippen LogP contribution in [0.25, 0.3) is 10.2 Å². The van der Waals surface area contributed by atoms with E-state index >= 15 is 0 Å². The minimum atomic E-state index is 0.280. The molecule has 4 rings (SSSR count). The number of aryl methyl sites for hydroxylation is 1. The lowest BCUT2D eigenvalue weighted by molar-refractivity contribution is -0.109. The normalized spacial score (nSPS) is 15.1. The van der Waals surface area contributed by atoms with E-state index in [0.29, 0.717) is 23.5 Å². The van der Waals surface area contributed by atoms with E-state index < -0.39 is 0 Å². The molecule has 1 unspecified atom stereocenters. The summed E-state index contributed by atoms with van der Waals surface area (Å²) in [4.78, 5) is 25.1. The van der Waals surface area contributed by atoms with Crippen LogP contribution in [0.1, 0.15) is 43.2 Å². The van der Waals surface area contributed by atoms with Crippen molar-refractivity contribution in [1.82, 2.24) is 20.3 Å². The van der Waals surface area contributed by atoms with Gasteiger partial charge in [0.05, 0.1) is 17.3 Å². The number of anilines is 3. The van der Waals surface area contributed by atoms with Gasteiger partial charge in [0, 0.05) is 22.7 Å². The summed E-state index contributed by atoms with van der Waals surface area (Å²) in [6.07, 6.45) is 8.46. The van der Waals surface area contributed by atoms with Gasteiger partial charge >= 0.3 is 0 Å². The zero-order chi connectivity index (χ0) is 21.7. The minimum Gasteiger partial charge on any atom is -0.397 e. The molecule has 0 fully saturated rings. The lowest BCUT2D eigenvalue weighted by atomic mass is 9.89. The summed E-state index contributed by atoms with van der Waals surface area (Å²) in [5, 5.41) is 14.3. The zero-order valence-corrected chi connectivity index (χ0v) is 18.2. The monoisotopic (exact) mass is 425 g/mol. The Morgan fingerprint density at radius 2 is 2.13 bits per heavy atom. The number of nitrogen functional groups attached to an aromatic ring is 1. The molecule has 3 heterocycles. The van der Waals surface area contributed by atoms with E-state index in [9.17, 15) is 4.79 Å². The fraction of sp³-hybridized carbons (Fsp3) is 0.381. The standard InChI is InChI=1S/C17H18N6S.C4H9NO/c1-9-2-3-11-13(4-9)24-17-15(11)16(21-8-22-17)23-14-5-10(6-18)12(19)7-20-14;1-4(2)5-3-6/h5-9,18H,2-4,19H2,1H3,(H,20,21,22,23);3-4H,1-2H3,(H,5,6). The third-order valence-corrected chi connectivity index (χ3v) is 6.03. The summed E-state index contributed by atoms with van der Waals surface area (Å²) in [7, 11) is 0. The fourth-order valence-corrected chi connectivity index (χ4v) is 4.65. The molecule has 0 aliphatic heterocycles. The molecule has 8 nitrogen and oxygen atoms in total. The van der Waals surface area contributed by atoms with Gasteiger partial charge < -0.3 is 21.8 Å². The Labute approximate surface area is 179 Å². The van der Waals surface area contributed by atoms with E-state index in [1.165, 1.54) is 23.1 Å². The molecule has 30 heavy (non-hydrogen) atoms. The number of carbonyl (C=O) groups is 1. The number of rotatable bonds is 5. The molecule has 9 heteroatoms. The van der Waals surface area contributed by atoms with Gasteiger partial charge in [-0.05, 0) is 50.7 Å². The van der Waals surface area contributed by atoms with Gasteiger partial charge in [-0.2, -0.15) is 0 Å². The van der Waals surface area contributed by atoms with Crippen molar-refractivity contribution >= 4 is 51.5 Å². The Bertz CT molecular complexity index is 1050. The third-order valence-electron chi connectivity index (χ3n) is 4.86. The highest BCUT2D eigenvalue weighted by molar-refractivity contribution is 7.19. The van der Waals surface area contributed by atoms with Gasteiger partial charge in [-0.25, -0.2) is 15.0 Å². The van der Waals surface area contributed by atoms with Crippen molar-refractivity contribution in [3.63, 3.8) is 0 Å². The van der Waals surface area contributed by atoms with E-state index in [4.69, 9.17) is 11.1 Å². The average molecular weight is 426 g/mol. The molecule has 158 valence electrons. The summed E-state index contributed by atoms with van der Waals surface area (Å²) in [6.45, 7) is 6.12. The van der Waals surface area contributed by atoms with Crippen LogP contribution in [0, 0.1) is 11.3 Å². The van der Waals surface area contributed by atoms with Crippen LogP contribution in [0.5, 0.6) is 0 Å². The maximum absolute atomic E-state index is 9.50. The number of nitrogens with two attached hydrogens (primary N) is 1. The summed E-state index contributed by atoms with van der Waals surface area (Å²) < 4.78 is 0. The number of amides is 1. The van der Waals surface area contributed by atoms with Crippen molar-refractivity contribution < 1.29 is 4.79 Å². The maximum atomic E-state index is 9.50. The van der Waals surface area contributed by atoms with Crippen molar-refractivity contribution in [1.29, 1.82) is 5.41 Å². The largest absolute Gasteiger partial charge is 0.397 e. The highest BCUT2D eigenvalue weighted by atomic mass is 32.1. The van der Waals surface area contributed by atoms with Gasteiger partial charge in [-0.15, -0.1) is 11.3 Å². The first-order valence-electron chi connectivity index (χ1n) is 9.90. The molecular weight excluding hydrogens is 398 g/mol. The Balaban J connectivity index is 0.000000377. The first-order chi connectivity index (χ1) is 14.4. The van der Waals surface area contributed by atoms with Crippen LogP contribution in [-0.2, 0) is 17.6 Å². The van der Waals surface area contributed by atoms with Crippen molar-refractivity contribution in [3.05, 3.63) is 34.6 Å². The smallest absolute Gasteiger partial charge is 0.207 e. The second kappa shape index (κ2) is 9.62. The van der Waals surface area contributed by atoms with Gasteiger partial charge in [-0.1, -0.05) is 6.92 Å². The summed E-state index contributed by atoms with van der Waals surface area (Å²) >= 11 is 1.77. The van der Waals surface area contributed by atoms with E-state index in [-0.39, 0.29) is 6.04 Å². The van der Waals surface area contributed by atoms with Gasteiger partial charge in [0.2, 0.25) is 6.41 Å². The lowest BCUT2D eigenvalue weighted by Gasteiger charge is -2.18. The molecule has 0 saturated heterocycles. The van der Waals surface area contributed by atoms with Crippen LogP contribution in [-0.4, -0.2) is 33.6 Å². The molecule has 1 atom stereocenters. The van der Waals surface area contributed by atoms with E-state index in [1.807, 2.05) is 13.8 Å². The molecule has 0 spiro atoms. The van der Waals surface area contributed by atoms with Crippen molar-refractivity contribution in [2.45, 2.75) is 46.1 Å². The lowest BCUT2D eigenvalue weighted by Crippen LogP contribution is -2.19. The van der Waals surface area contributed by atoms with Gasteiger partial charge in [0.15, 0.2) is 0 Å². The zero-order valence-electron chi connectivity index (χ0n) is 17.4. The van der Waals surface area contributed by atoms with E-state index in [2.05, 4.69) is 32.5 Å². The van der Waals surface area contributed by atoms with Crippen LogP contribution in [0.3, 0.4) is 0 Å². The van der Waals surface area contributed by atoms with Crippen LogP contribution in [0.15, 0.2) is 18.6 Å². The van der Waals surface area contributed by atoms with Crippen LogP contribution in [0.4, 0.5) is 17.3 Å². The minimum absolute atomic E-state index is 0.280. The summed E-state index contributed by atoms with van der Waals surface area (Å²) in [5.41, 5.74) is 8.31. The highest BCUT2D eigenvalue weighted by Crippen LogP contribution is 2.40. The Hall–Kier alpha value is -3.07. The van der Waals surface area contributed by atoms with Crippen molar-refractivity contribution in [3.8, 4) is 0 Å². The number of nitrogens with zero attached hydrogens (tertiary/aromatic N) is 3. The van der Waals surface area contributed by atoms with Gasteiger partial charge in [0.1, 0.15) is 22.8 Å². The molecule has 0 radical (unpaired) electrons. The average Bonchev–Trinajstić information content (AvgIpc) is 3.08. The molecule has 3 aromatic rings. The molecule has 3 aromatic heterocycles. The molecule has 0 bridgehead atoms. The van der Waals surface area contributed by atoms with Crippen LogP contribution in [0.2, 0.25) is 0 Å². The second-order valence-corrected chi connectivity index (χ2v) is 8.74. The number of nitrogens with one attached hydrogen (secondary N) is 3. The van der Waals surface area contributed by atoms with E-state index in [1.54, 1.807) is 29.9 Å². The molecule has 1 aliphatic carbocycles. The predicted molar refractivity (Wildman–Crippen MR) is 123 cm³/mol. The Morgan fingerprint density at radius 1 is 1.33 bits per heavy atom. The number of thiophene rings is 1. The summed E-state index contributed by atoms with van der Waals surface area (Å²) in [6, 6.07) is 2.04. The summed E-state index contributed by atoms with van der Waals surface area (Å²) in [5.74, 6) is 2.14. The number of aromatic nitrogens is 3. The van der Waals surface area contributed by atoms with E-state index in [0.717, 1.165) is 34.8 Å². The van der Waals surface area contributed by atoms with Crippen LogP contribution >= 0.6 is 11.3 Å². The van der Waals surface area contributed by atoms with Gasteiger partial charge in [-0.3, -0.25) is 4.79 Å². The maximum Gasteiger partial charge on any atom is 0.207 e. The Kier molecular flexibility index (Phi) is 6.94. The molecule has 0 aromatic carbocycles. The quantitative estimate of drug-likeness (QED) is 0.364. The molecule has 1 aliphatic rings. The molecule has 5 N–H and O–H groups in total. The SMILES string of the molecule is CC(C)NC=O.CC1CCc2c(sc3ncnc(Nc4cc(C=N)c(N)cn4)c23)C1. The Morgan fingerprint density at radius 3 is 2.80 bits per heavy atom. The number of pyridine rings is 1. The van der Waals surface area contributed by atoms with Crippen molar-refractivity contribution in [2.75, 3.05) is 11.1 Å². The number of fused-ring (bicyclic) bond motifs is 3. The molecule has 1 amide bonds. The molecular formula is C21H27N7OS. The first kappa shape index (κ1) is 21.6. The highest BCUT2D eigenvalue weighted by Gasteiger charge is 2.23. The predicted octanol–water partition coefficient (Wildman–Crippen LogP) is 3.68. The number of hydrogen-bond acceptors (Lipinski definition) is 8. The fourth-order valence-electron chi connectivity index (χ4n) is 3.30. The third kappa shape index (κ3) is 4.91. The van der Waals surface area contributed by atoms with Crippen LogP contribution < -0.4 is 16.4 Å². The second-order valence-electron chi connectivity index (χ2n) is 7.66. The number of carbonyl (C=O) groups excluding carboxylic acids is 1. The number of hydrogen-bond donors (Lipinski definition) is 4.